The van der Waals surface area contributed by atoms with Crippen LogP contribution in [0.4, 0.5) is 11.9 Å². The molecule has 0 spiro atoms. The quantitative estimate of drug-likeness (QED) is 0.338. The van der Waals surface area contributed by atoms with E-state index in [9.17, 15) is 8.42 Å². The first kappa shape index (κ1) is 23.1. The first-order chi connectivity index (χ1) is 15.8. The molecule has 0 atom stereocenters. The molecule has 0 saturated carbocycles. The zero-order valence-corrected chi connectivity index (χ0v) is 20.0. The van der Waals surface area contributed by atoms with E-state index in [1.807, 2.05) is 37.3 Å². The van der Waals surface area contributed by atoms with Crippen LogP contribution < -0.4 is 10.6 Å². The molecule has 4 aromatic rings. The molecule has 7 nitrogen and oxygen atoms in total. The highest BCUT2D eigenvalue weighted by Gasteiger charge is 2.24. The first-order valence-corrected chi connectivity index (χ1v) is 12.3. The Morgan fingerprint density at radius 1 is 0.848 bits per heavy atom. The molecule has 0 radical (unpaired) electrons. The van der Waals surface area contributed by atoms with Gasteiger partial charge in [0.15, 0.2) is 0 Å². The summed E-state index contributed by atoms with van der Waals surface area (Å²) in [4.78, 5) is 4.49. The summed E-state index contributed by atoms with van der Waals surface area (Å²) < 4.78 is 27.5. The second-order valence-electron chi connectivity index (χ2n) is 7.39. The van der Waals surface area contributed by atoms with Gasteiger partial charge in [-0.2, -0.15) is 13.4 Å². The van der Waals surface area contributed by atoms with Crippen molar-refractivity contribution in [1.29, 1.82) is 0 Å². The molecule has 3 aromatic carbocycles. The lowest BCUT2D eigenvalue weighted by Crippen LogP contribution is -2.18. The summed E-state index contributed by atoms with van der Waals surface area (Å²) in [5.74, 6) is 0.253. The Hall–Kier alpha value is -3.07. The van der Waals surface area contributed by atoms with E-state index in [2.05, 4.69) is 20.7 Å². The van der Waals surface area contributed by atoms with E-state index in [0.717, 1.165) is 20.8 Å². The monoisotopic (exact) mass is 501 g/mol. The molecule has 0 aliphatic carbocycles. The average molecular weight is 502 g/mol. The molecule has 0 bridgehead atoms. The second kappa shape index (κ2) is 9.82. The SMILES string of the molecule is Cc1ccc(S(=O)(=O)n2nc(NCc3cccc(Cl)c3)nc2NCc2cccc(Cl)c2)cc1. The molecule has 10 heteroatoms. The van der Waals surface area contributed by atoms with Crippen LogP contribution in [0.1, 0.15) is 16.7 Å². The topological polar surface area (TPSA) is 88.9 Å². The van der Waals surface area contributed by atoms with Gasteiger partial charge in [-0.05, 0) is 54.4 Å². The van der Waals surface area contributed by atoms with E-state index < -0.39 is 10.0 Å². The number of nitrogens with one attached hydrogen (secondary N) is 2. The lowest BCUT2D eigenvalue weighted by Gasteiger charge is -2.09. The van der Waals surface area contributed by atoms with Crippen LogP contribution in [0.15, 0.2) is 77.7 Å². The van der Waals surface area contributed by atoms with Crippen LogP contribution in [0.5, 0.6) is 0 Å². The van der Waals surface area contributed by atoms with Crippen molar-refractivity contribution < 1.29 is 8.42 Å². The largest absolute Gasteiger partial charge is 0.349 e. The number of hydrogen-bond donors (Lipinski definition) is 2. The highest BCUT2D eigenvalue weighted by atomic mass is 35.5. The highest BCUT2D eigenvalue weighted by molar-refractivity contribution is 7.90. The van der Waals surface area contributed by atoms with Crippen molar-refractivity contribution in [2.75, 3.05) is 10.6 Å². The van der Waals surface area contributed by atoms with Gasteiger partial charge in [0.1, 0.15) is 0 Å². The lowest BCUT2D eigenvalue weighted by molar-refractivity contribution is 0.580. The van der Waals surface area contributed by atoms with Crippen LogP contribution in [0.2, 0.25) is 10.0 Å². The minimum absolute atomic E-state index is 0.0872. The Kier molecular flexibility index (Phi) is 6.88. The summed E-state index contributed by atoms with van der Waals surface area (Å²) >= 11 is 12.1. The molecule has 0 amide bonds. The van der Waals surface area contributed by atoms with Crippen molar-refractivity contribution in [2.24, 2.45) is 0 Å². The predicted molar refractivity (Wildman–Crippen MR) is 131 cm³/mol. The number of rotatable bonds is 8. The normalized spacial score (nSPS) is 11.4. The number of anilines is 2. The van der Waals surface area contributed by atoms with Crippen molar-refractivity contribution >= 4 is 45.1 Å². The number of nitrogens with zero attached hydrogens (tertiary/aromatic N) is 3. The maximum atomic E-state index is 13.3. The maximum absolute atomic E-state index is 13.3. The summed E-state index contributed by atoms with van der Waals surface area (Å²) in [7, 11) is -3.97. The number of hydrogen-bond acceptors (Lipinski definition) is 6. The van der Waals surface area contributed by atoms with Crippen molar-refractivity contribution in [2.45, 2.75) is 24.9 Å². The first-order valence-electron chi connectivity index (χ1n) is 10.1. The Balaban J connectivity index is 1.64. The number of benzene rings is 3. The van der Waals surface area contributed by atoms with E-state index in [0.29, 0.717) is 23.1 Å². The fourth-order valence-electron chi connectivity index (χ4n) is 3.11. The summed E-state index contributed by atoms with van der Waals surface area (Å²) in [6.07, 6.45) is 0. The van der Waals surface area contributed by atoms with Gasteiger partial charge in [-0.1, -0.05) is 65.2 Å². The smallest absolute Gasteiger partial charge is 0.286 e. The fraction of sp³-hybridized carbons (Fsp3) is 0.130. The Labute approximate surface area is 202 Å². The van der Waals surface area contributed by atoms with Gasteiger partial charge in [-0.25, -0.2) is 0 Å². The van der Waals surface area contributed by atoms with E-state index in [1.54, 1.807) is 42.5 Å². The van der Waals surface area contributed by atoms with E-state index >= 15 is 0 Å². The van der Waals surface area contributed by atoms with E-state index in [-0.39, 0.29) is 16.8 Å². The average Bonchev–Trinajstić information content (AvgIpc) is 3.21. The zero-order chi connectivity index (χ0) is 23.4. The fourth-order valence-corrected chi connectivity index (χ4v) is 4.74. The Bertz CT molecular complexity index is 1370. The van der Waals surface area contributed by atoms with Gasteiger partial charge in [0.05, 0.1) is 4.90 Å². The third-order valence-corrected chi connectivity index (χ3v) is 6.85. The van der Waals surface area contributed by atoms with Gasteiger partial charge in [-0.15, -0.1) is 9.19 Å². The summed E-state index contributed by atoms with van der Waals surface area (Å²) in [6, 6.07) is 21.2. The number of halogens is 2. The molecule has 33 heavy (non-hydrogen) atoms. The van der Waals surface area contributed by atoms with Gasteiger partial charge >= 0.3 is 0 Å². The molecule has 0 aliphatic heterocycles. The summed E-state index contributed by atoms with van der Waals surface area (Å²) in [5.41, 5.74) is 2.74. The molecule has 4 rings (SSSR count). The molecule has 1 aromatic heterocycles. The van der Waals surface area contributed by atoms with Gasteiger partial charge < -0.3 is 10.6 Å². The molecule has 2 N–H and O–H groups in total. The second-order valence-corrected chi connectivity index (χ2v) is 10.0. The van der Waals surface area contributed by atoms with E-state index in [4.69, 9.17) is 23.2 Å². The zero-order valence-electron chi connectivity index (χ0n) is 17.7. The van der Waals surface area contributed by atoms with Crippen molar-refractivity contribution in [1.82, 2.24) is 14.2 Å². The predicted octanol–water partition coefficient (Wildman–Crippen LogP) is 5.35. The summed E-state index contributed by atoms with van der Waals surface area (Å²) in [6.45, 7) is 2.58. The Morgan fingerprint density at radius 2 is 1.42 bits per heavy atom. The molecular formula is C23H21Cl2N5O2S. The van der Waals surface area contributed by atoms with Crippen LogP contribution in [0.25, 0.3) is 0 Å². The van der Waals surface area contributed by atoms with Gasteiger partial charge in [0.2, 0.25) is 11.9 Å². The van der Waals surface area contributed by atoms with Crippen molar-refractivity contribution in [3.63, 3.8) is 0 Å². The van der Waals surface area contributed by atoms with Gasteiger partial charge in [-0.3, -0.25) is 0 Å². The van der Waals surface area contributed by atoms with Crippen LogP contribution >= 0.6 is 23.2 Å². The van der Waals surface area contributed by atoms with Crippen LogP contribution in [0, 0.1) is 6.92 Å². The Morgan fingerprint density at radius 3 is 2.00 bits per heavy atom. The number of aryl methyl sites for hydroxylation is 1. The molecular weight excluding hydrogens is 481 g/mol. The highest BCUT2D eigenvalue weighted by Crippen LogP contribution is 2.21. The molecule has 0 fully saturated rings. The van der Waals surface area contributed by atoms with Gasteiger partial charge in [0, 0.05) is 23.1 Å². The third kappa shape index (κ3) is 5.65. The van der Waals surface area contributed by atoms with Crippen molar-refractivity contribution in [3.05, 3.63) is 99.5 Å². The standard InChI is InChI=1S/C23H21Cl2N5O2S/c1-16-8-10-21(11-9-16)33(31,32)30-23(27-15-18-5-3-7-20(25)13-18)28-22(29-30)26-14-17-4-2-6-19(24)12-17/h2-13H,14-15H2,1H3,(H2,26,27,28,29). The maximum Gasteiger partial charge on any atom is 0.286 e. The van der Waals surface area contributed by atoms with Crippen LogP contribution in [-0.4, -0.2) is 22.6 Å². The molecule has 0 unspecified atom stereocenters. The van der Waals surface area contributed by atoms with E-state index in [1.165, 1.54) is 0 Å². The molecule has 1 heterocycles. The molecule has 0 aliphatic rings. The van der Waals surface area contributed by atoms with Gasteiger partial charge in [0.25, 0.3) is 10.0 Å². The van der Waals surface area contributed by atoms with Crippen LogP contribution in [0.3, 0.4) is 0 Å². The minimum Gasteiger partial charge on any atom is -0.349 e. The molecule has 170 valence electrons. The number of aromatic nitrogens is 3. The summed E-state index contributed by atoms with van der Waals surface area (Å²) in [5, 5.41) is 11.6. The minimum atomic E-state index is -3.97. The van der Waals surface area contributed by atoms with Crippen LogP contribution in [-0.2, 0) is 23.1 Å². The lowest BCUT2D eigenvalue weighted by atomic mass is 10.2. The van der Waals surface area contributed by atoms with Crippen molar-refractivity contribution in [3.8, 4) is 0 Å². The third-order valence-electron chi connectivity index (χ3n) is 4.80. The molecule has 0 saturated heterocycles.